The zero-order valence-corrected chi connectivity index (χ0v) is 16.8. The molecule has 0 aromatic carbocycles. The van der Waals surface area contributed by atoms with Crippen molar-refractivity contribution in [3.63, 3.8) is 0 Å². The lowest BCUT2D eigenvalue weighted by Gasteiger charge is -2.33. The number of anilines is 1. The standard InChI is InChI=1S/C18H25F3N6S/c1-3-22-17(23-11-13-12-26(2)25-16(13)18(19,20)21)24-14-6-8-27(9-7-14)15-5-4-10-28-15/h4-5,10,12,14H,3,6-9,11H2,1-2H3,(H2,22,23,24). The van der Waals surface area contributed by atoms with Crippen LogP contribution in [0.15, 0.2) is 28.7 Å². The highest BCUT2D eigenvalue weighted by atomic mass is 32.1. The highest BCUT2D eigenvalue weighted by Gasteiger charge is 2.36. The van der Waals surface area contributed by atoms with Crippen molar-refractivity contribution in [1.29, 1.82) is 0 Å². The quantitative estimate of drug-likeness (QED) is 0.583. The van der Waals surface area contributed by atoms with Gasteiger partial charge in [-0.05, 0) is 37.3 Å². The van der Waals surface area contributed by atoms with Crippen LogP contribution >= 0.6 is 11.3 Å². The van der Waals surface area contributed by atoms with Crippen LogP contribution in [0.3, 0.4) is 0 Å². The van der Waals surface area contributed by atoms with Crippen LogP contribution in [0.25, 0.3) is 0 Å². The first-order valence-electron chi connectivity index (χ1n) is 9.30. The van der Waals surface area contributed by atoms with Gasteiger partial charge in [-0.1, -0.05) is 0 Å². The average Bonchev–Trinajstić information content (AvgIpc) is 3.30. The Kier molecular flexibility index (Phi) is 6.48. The SMILES string of the molecule is CCNC(=NCc1cn(C)nc1C(F)(F)F)NC1CCN(c2cccs2)CC1. The summed E-state index contributed by atoms with van der Waals surface area (Å²) in [4.78, 5) is 6.72. The molecule has 2 N–H and O–H groups in total. The number of hydrogen-bond acceptors (Lipinski definition) is 4. The summed E-state index contributed by atoms with van der Waals surface area (Å²) in [5.74, 6) is 0.536. The third kappa shape index (κ3) is 5.18. The molecule has 2 aromatic rings. The monoisotopic (exact) mass is 414 g/mol. The van der Waals surface area contributed by atoms with Crippen LogP contribution in [0.2, 0.25) is 0 Å². The number of aliphatic imine (C=N–C) groups is 1. The van der Waals surface area contributed by atoms with Crippen molar-refractivity contribution in [2.24, 2.45) is 12.0 Å². The molecule has 0 aliphatic carbocycles. The van der Waals surface area contributed by atoms with Crippen molar-refractivity contribution in [3.8, 4) is 0 Å². The molecule has 0 bridgehead atoms. The number of halogens is 3. The Labute approximate surface area is 166 Å². The first-order valence-corrected chi connectivity index (χ1v) is 10.2. The predicted octanol–water partition coefficient (Wildman–Crippen LogP) is 3.22. The highest BCUT2D eigenvalue weighted by molar-refractivity contribution is 7.14. The molecule has 0 amide bonds. The van der Waals surface area contributed by atoms with Gasteiger partial charge in [0.25, 0.3) is 0 Å². The molecule has 0 atom stereocenters. The van der Waals surface area contributed by atoms with Gasteiger partial charge in [-0.15, -0.1) is 11.3 Å². The maximum absolute atomic E-state index is 13.1. The lowest BCUT2D eigenvalue weighted by molar-refractivity contribution is -0.142. The number of hydrogen-bond donors (Lipinski definition) is 2. The second-order valence-electron chi connectivity index (χ2n) is 6.73. The van der Waals surface area contributed by atoms with Crippen LogP contribution in [-0.4, -0.2) is 41.4 Å². The first kappa shape index (κ1) is 20.5. The average molecular weight is 415 g/mol. The van der Waals surface area contributed by atoms with Crippen LogP contribution in [0.5, 0.6) is 0 Å². The van der Waals surface area contributed by atoms with Gasteiger partial charge in [-0.2, -0.15) is 18.3 Å². The number of aromatic nitrogens is 2. The van der Waals surface area contributed by atoms with Crippen LogP contribution < -0.4 is 15.5 Å². The Morgan fingerprint density at radius 2 is 2.11 bits per heavy atom. The molecule has 0 unspecified atom stereocenters. The normalized spacial score (nSPS) is 16.5. The van der Waals surface area contributed by atoms with E-state index in [4.69, 9.17) is 0 Å². The summed E-state index contributed by atoms with van der Waals surface area (Å²) in [6.45, 7) is 4.38. The lowest BCUT2D eigenvalue weighted by atomic mass is 10.1. The second-order valence-corrected chi connectivity index (χ2v) is 7.65. The van der Waals surface area contributed by atoms with Gasteiger partial charge in [0.2, 0.25) is 0 Å². The van der Waals surface area contributed by atoms with Crippen LogP contribution in [0.1, 0.15) is 31.0 Å². The summed E-state index contributed by atoms with van der Waals surface area (Å²) in [5, 5.41) is 13.4. The molecule has 1 saturated heterocycles. The summed E-state index contributed by atoms with van der Waals surface area (Å²) in [6, 6.07) is 4.41. The Hall–Kier alpha value is -2.23. The number of aryl methyl sites for hydroxylation is 1. The van der Waals surface area contributed by atoms with E-state index in [0.717, 1.165) is 25.9 Å². The molecule has 6 nitrogen and oxygen atoms in total. The van der Waals surface area contributed by atoms with E-state index in [9.17, 15) is 13.2 Å². The fourth-order valence-electron chi connectivity index (χ4n) is 3.26. The summed E-state index contributed by atoms with van der Waals surface area (Å²) in [6.07, 6.45) is -1.21. The van der Waals surface area contributed by atoms with E-state index in [1.54, 1.807) is 11.3 Å². The molecular formula is C18H25F3N6S. The first-order chi connectivity index (χ1) is 13.4. The molecule has 10 heteroatoms. The maximum Gasteiger partial charge on any atom is 0.435 e. The summed E-state index contributed by atoms with van der Waals surface area (Å²) in [5.41, 5.74) is -0.807. The van der Waals surface area contributed by atoms with E-state index in [0.29, 0.717) is 12.5 Å². The molecule has 0 spiro atoms. The van der Waals surface area contributed by atoms with E-state index in [2.05, 4.69) is 37.1 Å². The van der Waals surface area contributed by atoms with Gasteiger partial charge >= 0.3 is 6.18 Å². The predicted molar refractivity (Wildman–Crippen MR) is 106 cm³/mol. The van der Waals surface area contributed by atoms with E-state index in [-0.39, 0.29) is 18.2 Å². The molecule has 1 aliphatic heterocycles. The van der Waals surface area contributed by atoms with Gasteiger partial charge in [-0.3, -0.25) is 4.68 Å². The second kappa shape index (κ2) is 8.85. The van der Waals surface area contributed by atoms with E-state index in [1.807, 2.05) is 13.0 Å². The van der Waals surface area contributed by atoms with Crippen LogP contribution in [0, 0.1) is 0 Å². The van der Waals surface area contributed by atoms with Crippen LogP contribution in [0.4, 0.5) is 18.2 Å². The fourth-order valence-corrected chi connectivity index (χ4v) is 4.05. The van der Waals surface area contributed by atoms with Crippen molar-refractivity contribution in [3.05, 3.63) is 35.0 Å². The maximum atomic E-state index is 13.1. The fraction of sp³-hybridized carbons (Fsp3) is 0.556. The van der Waals surface area contributed by atoms with Crippen molar-refractivity contribution in [2.75, 3.05) is 24.5 Å². The number of guanidine groups is 1. The van der Waals surface area contributed by atoms with Crippen molar-refractivity contribution < 1.29 is 13.2 Å². The minimum atomic E-state index is -4.48. The molecule has 0 saturated carbocycles. The molecule has 1 fully saturated rings. The Balaban J connectivity index is 1.61. The number of rotatable bonds is 5. The van der Waals surface area contributed by atoms with E-state index in [1.165, 1.54) is 22.9 Å². The van der Waals surface area contributed by atoms with Gasteiger partial charge in [0, 0.05) is 44.5 Å². The minimum absolute atomic E-state index is 0.0692. The number of thiophene rings is 1. The van der Waals surface area contributed by atoms with Crippen molar-refractivity contribution >= 4 is 22.3 Å². The molecule has 0 radical (unpaired) electrons. The topological polar surface area (TPSA) is 57.5 Å². The Morgan fingerprint density at radius 1 is 1.36 bits per heavy atom. The Bertz CT molecular complexity index is 776. The highest BCUT2D eigenvalue weighted by Crippen LogP contribution is 2.31. The van der Waals surface area contributed by atoms with Gasteiger partial charge in [0.05, 0.1) is 11.5 Å². The third-order valence-electron chi connectivity index (χ3n) is 4.58. The van der Waals surface area contributed by atoms with Gasteiger partial charge in [0.15, 0.2) is 11.7 Å². The molecule has 154 valence electrons. The summed E-state index contributed by atoms with van der Waals surface area (Å²) < 4.78 is 40.5. The number of piperidine rings is 1. The zero-order chi connectivity index (χ0) is 20.1. The number of nitrogens with zero attached hydrogens (tertiary/aromatic N) is 4. The largest absolute Gasteiger partial charge is 0.435 e. The van der Waals surface area contributed by atoms with Crippen molar-refractivity contribution in [2.45, 2.75) is 38.5 Å². The van der Waals surface area contributed by atoms with Crippen molar-refractivity contribution in [1.82, 2.24) is 20.4 Å². The van der Waals surface area contributed by atoms with Gasteiger partial charge < -0.3 is 15.5 Å². The summed E-state index contributed by atoms with van der Waals surface area (Å²) in [7, 11) is 1.48. The molecule has 28 heavy (non-hydrogen) atoms. The zero-order valence-electron chi connectivity index (χ0n) is 16.0. The number of alkyl halides is 3. The smallest absolute Gasteiger partial charge is 0.363 e. The summed E-state index contributed by atoms with van der Waals surface area (Å²) >= 11 is 1.73. The Morgan fingerprint density at radius 3 is 2.71 bits per heavy atom. The van der Waals surface area contributed by atoms with E-state index < -0.39 is 11.9 Å². The lowest BCUT2D eigenvalue weighted by Crippen LogP contribution is -2.48. The molecule has 3 rings (SSSR count). The van der Waals surface area contributed by atoms with Gasteiger partial charge in [-0.25, -0.2) is 4.99 Å². The molecule has 3 heterocycles. The third-order valence-corrected chi connectivity index (χ3v) is 5.51. The van der Waals surface area contributed by atoms with E-state index >= 15 is 0 Å². The molecular weight excluding hydrogens is 389 g/mol. The molecule has 2 aromatic heterocycles. The van der Waals surface area contributed by atoms with Gasteiger partial charge in [0.1, 0.15) is 0 Å². The molecule has 1 aliphatic rings. The number of nitrogens with one attached hydrogen (secondary N) is 2. The van der Waals surface area contributed by atoms with Crippen LogP contribution in [-0.2, 0) is 19.8 Å². The minimum Gasteiger partial charge on any atom is -0.363 e.